The number of H-pyrrole nitrogens is 1. The van der Waals surface area contributed by atoms with Crippen LogP contribution in [0, 0.1) is 0 Å². The van der Waals surface area contributed by atoms with Crippen molar-refractivity contribution in [2.75, 3.05) is 0 Å². The van der Waals surface area contributed by atoms with Crippen molar-refractivity contribution in [2.24, 2.45) is 12.8 Å². The van der Waals surface area contributed by atoms with Crippen molar-refractivity contribution in [2.45, 2.75) is 12.5 Å². The minimum absolute atomic E-state index is 0.184. The van der Waals surface area contributed by atoms with Crippen LogP contribution >= 0.6 is 11.6 Å². The number of aryl methyl sites for hydroxylation is 1. The predicted molar refractivity (Wildman–Crippen MR) is 74.9 cm³/mol. The molecular weight excluding hydrogens is 262 g/mol. The first-order valence-corrected chi connectivity index (χ1v) is 6.37. The van der Waals surface area contributed by atoms with Crippen LogP contribution in [0.5, 0.6) is 0 Å². The van der Waals surface area contributed by atoms with Crippen LogP contribution in [0.1, 0.15) is 17.6 Å². The molecule has 0 bridgehead atoms. The number of halogens is 1. The highest BCUT2D eigenvalue weighted by Gasteiger charge is 2.16. The lowest BCUT2D eigenvalue weighted by molar-refractivity contribution is 0.631. The number of nitrogens with two attached hydrogens (primary N) is 1. The summed E-state index contributed by atoms with van der Waals surface area (Å²) in [6.07, 6.45) is 4.10. The Balaban J connectivity index is 1.98. The molecule has 1 aromatic carbocycles. The van der Waals surface area contributed by atoms with Crippen molar-refractivity contribution in [1.29, 1.82) is 0 Å². The second kappa shape index (κ2) is 4.68. The molecule has 98 valence electrons. The maximum Gasteiger partial charge on any atom is 0.127 e. The number of aromatic nitrogens is 4. The lowest BCUT2D eigenvalue weighted by atomic mass is 10.1. The van der Waals surface area contributed by atoms with Gasteiger partial charge < -0.3 is 15.3 Å². The summed E-state index contributed by atoms with van der Waals surface area (Å²) in [5.41, 5.74) is 9.12. The van der Waals surface area contributed by atoms with Crippen molar-refractivity contribution >= 4 is 22.6 Å². The van der Waals surface area contributed by atoms with Gasteiger partial charge in [0, 0.05) is 30.4 Å². The molecule has 0 radical (unpaired) electrons. The molecule has 0 saturated carbocycles. The molecule has 0 fully saturated rings. The van der Waals surface area contributed by atoms with Crippen LogP contribution < -0.4 is 5.73 Å². The molecule has 1 atom stereocenters. The van der Waals surface area contributed by atoms with E-state index in [0.29, 0.717) is 11.4 Å². The normalized spacial score (nSPS) is 13.0. The summed E-state index contributed by atoms with van der Waals surface area (Å²) in [5.74, 6) is 0.840. The monoisotopic (exact) mass is 275 g/mol. The van der Waals surface area contributed by atoms with Crippen LogP contribution in [0.2, 0.25) is 5.02 Å². The zero-order chi connectivity index (χ0) is 13.4. The van der Waals surface area contributed by atoms with Gasteiger partial charge in [0.25, 0.3) is 0 Å². The maximum atomic E-state index is 6.22. The molecule has 0 aliphatic carbocycles. The van der Waals surface area contributed by atoms with Crippen LogP contribution in [0.15, 0.2) is 30.7 Å². The average molecular weight is 276 g/mol. The van der Waals surface area contributed by atoms with Crippen molar-refractivity contribution in [3.05, 3.63) is 47.3 Å². The van der Waals surface area contributed by atoms with Gasteiger partial charge in [0.2, 0.25) is 0 Å². The summed E-state index contributed by atoms with van der Waals surface area (Å²) in [4.78, 5) is 11.6. The number of fused-ring (bicyclic) bond motifs is 1. The summed E-state index contributed by atoms with van der Waals surface area (Å²) in [5, 5.41) is 0.698. The van der Waals surface area contributed by atoms with E-state index in [1.165, 1.54) is 0 Å². The van der Waals surface area contributed by atoms with Gasteiger partial charge in [-0.2, -0.15) is 0 Å². The van der Waals surface area contributed by atoms with Gasteiger partial charge in [0.1, 0.15) is 5.82 Å². The van der Waals surface area contributed by atoms with E-state index in [-0.39, 0.29) is 6.04 Å². The quantitative estimate of drug-likeness (QED) is 0.770. The highest BCUT2D eigenvalue weighted by atomic mass is 35.5. The van der Waals surface area contributed by atoms with Gasteiger partial charge in [0.05, 0.1) is 23.4 Å². The minimum atomic E-state index is -0.184. The first-order valence-electron chi connectivity index (χ1n) is 6.00. The predicted octanol–water partition coefficient (Wildman–Crippen LogP) is 2.19. The smallest absolute Gasteiger partial charge is 0.127 e. The third-order valence-electron chi connectivity index (χ3n) is 3.20. The van der Waals surface area contributed by atoms with E-state index >= 15 is 0 Å². The fourth-order valence-corrected chi connectivity index (χ4v) is 2.40. The molecule has 2 heterocycles. The first-order chi connectivity index (χ1) is 9.15. The summed E-state index contributed by atoms with van der Waals surface area (Å²) in [6, 6.07) is 5.46. The van der Waals surface area contributed by atoms with E-state index < -0.39 is 0 Å². The molecule has 0 saturated heterocycles. The zero-order valence-electron chi connectivity index (χ0n) is 10.5. The fourth-order valence-electron chi connectivity index (χ4n) is 2.24. The Kier molecular flexibility index (Phi) is 3.00. The van der Waals surface area contributed by atoms with Gasteiger partial charge in [0.15, 0.2) is 0 Å². The fraction of sp³-hybridized carbons (Fsp3) is 0.231. The number of benzene rings is 1. The van der Waals surface area contributed by atoms with Crippen molar-refractivity contribution in [3.8, 4) is 0 Å². The second-order valence-electron chi connectivity index (χ2n) is 4.55. The first kappa shape index (κ1) is 12.2. The topological polar surface area (TPSA) is 72.5 Å². The zero-order valence-corrected chi connectivity index (χ0v) is 11.2. The molecule has 3 N–H and O–H groups in total. The van der Waals surface area contributed by atoms with E-state index in [9.17, 15) is 0 Å². The van der Waals surface area contributed by atoms with E-state index in [1.807, 2.05) is 29.8 Å². The van der Waals surface area contributed by atoms with E-state index in [1.54, 1.807) is 12.5 Å². The van der Waals surface area contributed by atoms with Gasteiger partial charge in [-0.05, 0) is 18.2 Å². The SMILES string of the molecule is Cn1c(C(N)Cc2cnc[nH]2)nc2ccc(Cl)cc21. The van der Waals surface area contributed by atoms with Gasteiger partial charge in [-0.25, -0.2) is 9.97 Å². The molecule has 3 rings (SSSR count). The Morgan fingerprint density at radius 1 is 1.47 bits per heavy atom. The molecule has 6 heteroatoms. The Bertz CT molecular complexity index is 701. The van der Waals surface area contributed by atoms with E-state index in [0.717, 1.165) is 22.6 Å². The molecule has 1 unspecified atom stereocenters. The lowest BCUT2D eigenvalue weighted by Crippen LogP contribution is -2.18. The summed E-state index contributed by atoms with van der Waals surface area (Å²) in [6.45, 7) is 0. The molecule has 5 nitrogen and oxygen atoms in total. The summed E-state index contributed by atoms with van der Waals surface area (Å²) < 4.78 is 1.99. The molecule has 19 heavy (non-hydrogen) atoms. The minimum Gasteiger partial charge on any atom is -0.348 e. The number of imidazole rings is 2. The molecular formula is C13H14ClN5. The van der Waals surface area contributed by atoms with Gasteiger partial charge in [-0.1, -0.05) is 11.6 Å². The van der Waals surface area contributed by atoms with E-state index in [4.69, 9.17) is 17.3 Å². The Hall–Kier alpha value is -1.85. The number of rotatable bonds is 3. The van der Waals surface area contributed by atoms with Crippen LogP contribution in [0.25, 0.3) is 11.0 Å². The second-order valence-corrected chi connectivity index (χ2v) is 4.99. The van der Waals surface area contributed by atoms with Crippen LogP contribution in [0.3, 0.4) is 0 Å². The van der Waals surface area contributed by atoms with Crippen LogP contribution in [0.4, 0.5) is 0 Å². The molecule has 0 amide bonds. The third-order valence-corrected chi connectivity index (χ3v) is 3.44. The van der Waals surface area contributed by atoms with Gasteiger partial charge in [-0.3, -0.25) is 0 Å². The third kappa shape index (κ3) is 2.22. The standard InChI is InChI=1S/C13H14ClN5/c1-19-12-4-8(14)2-3-11(12)18-13(19)10(15)5-9-6-16-7-17-9/h2-4,6-7,10H,5,15H2,1H3,(H,16,17). The van der Waals surface area contributed by atoms with Gasteiger partial charge >= 0.3 is 0 Å². The Morgan fingerprint density at radius 2 is 2.32 bits per heavy atom. The average Bonchev–Trinajstić information content (AvgIpc) is 2.98. The van der Waals surface area contributed by atoms with Crippen LogP contribution in [-0.2, 0) is 13.5 Å². The number of hydrogen-bond acceptors (Lipinski definition) is 3. The Morgan fingerprint density at radius 3 is 3.05 bits per heavy atom. The molecule has 2 aromatic heterocycles. The number of hydrogen-bond donors (Lipinski definition) is 2. The largest absolute Gasteiger partial charge is 0.348 e. The van der Waals surface area contributed by atoms with E-state index in [2.05, 4.69) is 15.0 Å². The number of nitrogens with one attached hydrogen (secondary N) is 1. The summed E-state index contributed by atoms with van der Waals surface area (Å²) in [7, 11) is 1.95. The van der Waals surface area contributed by atoms with Crippen molar-refractivity contribution < 1.29 is 0 Å². The molecule has 0 aliphatic heterocycles. The highest BCUT2D eigenvalue weighted by Crippen LogP contribution is 2.23. The highest BCUT2D eigenvalue weighted by molar-refractivity contribution is 6.31. The molecule has 0 spiro atoms. The van der Waals surface area contributed by atoms with Gasteiger partial charge in [-0.15, -0.1) is 0 Å². The lowest BCUT2D eigenvalue weighted by Gasteiger charge is -2.10. The number of nitrogens with zero attached hydrogens (tertiary/aromatic N) is 3. The van der Waals surface area contributed by atoms with Crippen molar-refractivity contribution in [1.82, 2.24) is 19.5 Å². The Labute approximate surface area is 115 Å². The summed E-state index contributed by atoms with van der Waals surface area (Å²) >= 11 is 6.01. The number of aromatic amines is 1. The van der Waals surface area contributed by atoms with Crippen molar-refractivity contribution in [3.63, 3.8) is 0 Å². The maximum absolute atomic E-state index is 6.22. The van der Waals surface area contributed by atoms with Crippen LogP contribution in [-0.4, -0.2) is 19.5 Å². The molecule has 3 aromatic rings. The molecule has 0 aliphatic rings.